The number of fused-ring (bicyclic) bond motifs is 1. The number of nitrogens with zero attached hydrogens (tertiary/aromatic N) is 3. The molecule has 2 unspecified atom stereocenters. The number of H-pyrrole nitrogens is 1. The minimum absolute atomic E-state index is 0.0370. The molecule has 1 N–H and O–H groups in total. The zero-order valence-corrected chi connectivity index (χ0v) is 14.9. The van der Waals surface area contributed by atoms with E-state index in [1.165, 1.54) is 0 Å². The Hall–Kier alpha value is -2.77. The smallest absolute Gasteiger partial charge is 0.137 e. The Morgan fingerprint density at radius 1 is 1.23 bits per heavy atom. The van der Waals surface area contributed by atoms with Crippen LogP contribution in [0.4, 0.5) is 0 Å². The summed E-state index contributed by atoms with van der Waals surface area (Å²) in [6.07, 6.45) is 7.54. The largest absolute Gasteiger partial charge is 0.772 e. The number of hydrogen-bond donors (Lipinski definition) is 1. The zero-order chi connectivity index (χ0) is 18.1. The maximum absolute atomic E-state index is 10.8. The normalized spacial score (nSPS) is 13.8. The number of nitrogens with one attached hydrogen (secondary N) is 1. The van der Waals surface area contributed by atoms with Crippen LogP contribution >= 0.6 is 0 Å². The van der Waals surface area contributed by atoms with Crippen LogP contribution in [0.15, 0.2) is 61.2 Å². The van der Waals surface area contributed by atoms with Gasteiger partial charge in [-0.3, -0.25) is 8.89 Å². The first-order valence-electron chi connectivity index (χ1n) is 8.23. The molecule has 0 spiro atoms. The number of rotatable bonds is 5. The molecule has 4 rings (SSSR count). The molecule has 0 amide bonds. The summed E-state index contributed by atoms with van der Waals surface area (Å²) >= 11 is -2.07. The highest BCUT2D eigenvalue weighted by Gasteiger charge is 2.12. The van der Waals surface area contributed by atoms with Crippen molar-refractivity contribution in [3.63, 3.8) is 0 Å². The Morgan fingerprint density at radius 3 is 2.81 bits per heavy atom. The molecule has 3 heterocycles. The topological polar surface area (TPSA) is 86.6 Å². The summed E-state index contributed by atoms with van der Waals surface area (Å²) in [7, 11) is 0. The summed E-state index contributed by atoms with van der Waals surface area (Å²) in [6.45, 7) is 2.07. The quantitative estimate of drug-likeness (QED) is 0.549. The maximum Gasteiger partial charge on any atom is 0.137 e. The SMILES string of the molecule is CC(c1ccc(CS(=O)[O-])cc1)n1cc(-c2ccnc3[nH]ccc23)cn1. The number of hydrogen-bond acceptors (Lipinski definition) is 4. The van der Waals surface area contributed by atoms with E-state index >= 15 is 0 Å². The van der Waals surface area contributed by atoms with E-state index in [2.05, 4.69) is 22.0 Å². The van der Waals surface area contributed by atoms with Crippen LogP contribution in [0, 0.1) is 0 Å². The van der Waals surface area contributed by atoms with Crippen LogP contribution < -0.4 is 0 Å². The second-order valence-corrected chi connectivity index (χ2v) is 7.07. The van der Waals surface area contributed by atoms with E-state index in [1.807, 2.05) is 59.7 Å². The Balaban J connectivity index is 1.61. The molecule has 0 aliphatic heterocycles. The van der Waals surface area contributed by atoms with Gasteiger partial charge >= 0.3 is 0 Å². The average molecular weight is 365 g/mol. The Bertz CT molecular complexity index is 1070. The first-order valence-corrected chi connectivity index (χ1v) is 9.47. The third-order valence-corrected chi connectivity index (χ3v) is 5.09. The second-order valence-electron chi connectivity index (χ2n) is 6.17. The van der Waals surface area contributed by atoms with Gasteiger partial charge in [-0.25, -0.2) is 4.98 Å². The van der Waals surface area contributed by atoms with Crippen molar-refractivity contribution in [2.75, 3.05) is 0 Å². The van der Waals surface area contributed by atoms with Crippen molar-refractivity contribution in [1.29, 1.82) is 0 Å². The van der Waals surface area contributed by atoms with Gasteiger partial charge in [0.1, 0.15) is 5.65 Å². The van der Waals surface area contributed by atoms with Gasteiger partial charge in [0.25, 0.3) is 0 Å². The molecule has 2 atom stereocenters. The van der Waals surface area contributed by atoms with E-state index in [-0.39, 0.29) is 11.8 Å². The molecule has 0 bridgehead atoms. The number of pyridine rings is 1. The fraction of sp³-hybridized carbons (Fsp3) is 0.158. The predicted octanol–water partition coefficient (Wildman–Crippen LogP) is 3.41. The highest BCUT2D eigenvalue weighted by atomic mass is 32.2. The molecule has 4 aromatic rings. The van der Waals surface area contributed by atoms with Crippen molar-refractivity contribution in [3.05, 3.63) is 72.3 Å². The minimum atomic E-state index is -2.07. The van der Waals surface area contributed by atoms with Crippen LogP contribution in [-0.2, 0) is 16.8 Å². The van der Waals surface area contributed by atoms with Crippen LogP contribution in [0.25, 0.3) is 22.2 Å². The van der Waals surface area contributed by atoms with Gasteiger partial charge in [-0.2, -0.15) is 5.10 Å². The van der Waals surface area contributed by atoms with Crippen LogP contribution in [0.1, 0.15) is 24.1 Å². The van der Waals surface area contributed by atoms with Gasteiger partial charge in [0, 0.05) is 35.3 Å². The van der Waals surface area contributed by atoms with Crippen molar-refractivity contribution in [2.24, 2.45) is 0 Å². The first-order chi connectivity index (χ1) is 12.6. The molecule has 132 valence electrons. The van der Waals surface area contributed by atoms with E-state index < -0.39 is 11.1 Å². The molecule has 0 aliphatic carbocycles. The summed E-state index contributed by atoms with van der Waals surface area (Å²) < 4.78 is 23.5. The highest BCUT2D eigenvalue weighted by molar-refractivity contribution is 7.78. The van der Waals surface area contributed by atoms with Crippen LogP contribution in [-0.4, -0.2) is 28.5 Å². The van der Waals surface area contributed by atoms with Crippen molar-refractivity contribution in [1.82, 2.24) is 19.7 Å². The Labute approximate surface area is 153 Å². The fourth-order valence-electron chi connectivity index (χ4n) is 3.08. The molecule has 0 radical (unpaired) electrons. The monoisotopic (exact) mass is 365 g/mol. The number of aromatic amines is 1. The van der Waals surface area contributed by atoms with E-state index in [1.54, 1.807) is 6.20 Å². The Morgan fingerprint density at radius 2 is 2.04 bits per heavy atom. The third kappa shape index (κ3) is 3.18. The summed E-state index contributed by atoms with van der Waals surface area (Å²) in [5, 5.41) is 5.58. The van der Waals surface area contributed by atoms with Gasteiger partial charge in [0.2, 0.25) is 0 Å². The number of benzene rings is 1. The van der Waals surface area contributed by atoms with E-state index in [0.29, 0.717) is 0 Å². The lowest BCUT2D eigenvalue weighted by Gasteiger charge is -2.13. The summed E-state index contributed by atoms with van der Waals surface area (Å²) in [6, 6.07) is 11.6. The molecule has 0 saturated heterocycles. The summed E-state index contributed by atoms with van der Waals surface area (Å²) in [5.41, 5.74) is 4.82. The van der Waals surface area contributed by atoms with Gasteiger partial charge in [-0.15, -0.1) is 0 Å². The lowest BCUT2D eigenvalue weighted by atomic mass is 10.1. The molecular formula is C19H17N4O2S-. The molecule has 0 aliphatic rings. The van der Waals surface area contributed by atoms with Crippen molar-refractivity contribution in [3.8, 4) is 11.1 Å². The van der Waals surface area contributed by atoms with Gasteiger partial charge < -0.3 is 9.54 Å². The maximum atomic E-state index is 10.8. The van der Waals surface area contributed by atoms with E-state index in [0.717, 1.165) is 33.3 Å². The van der Waals surface area contributed by atoms with Crippen LogP contribution in [0.3, 0.4) is 0 Å². The van der Waals surface area contributed by atoms with Crippen molar-refractivity contribution < 1.29 is 8.76 Å². The zero-order valence-electron chi connectivity index (χ0n) is 14.1. The molecule has 0 fully saturated rings. The third-order valence-electron chi connectivity index (χ3n) is 4.52. The molecule has 7 heteroatoms. The van der Waals surface area contributed by atoms with Crippen LogP contribution in [0.5, 0.6) is 0 Å². The van der Waals surface area contributed by atoms with Crippen LogP contribution in [0.2, 0.25) is 0 Å². The Kier molecular flexibility index (Phi) is 4.40. The van der Waals surface area contributed by atoms with Gasteiger partial charge in [0.15, 0.2) is 0 Å². The molecule has 26 heavy (non-hydrogen) atoms. The summed E-state index contributed by atoms with van der Waals surface area (Å²) in [5.74, 6) is 0.0370. The lowest BCUT2D eigenvalue weighted by Crippen LogP contribution is -2.07. The molecular weight excluding hydrogens is 348 g/mol. The molecule has 6 nitrogen and oxygen atoms in total. The molecule has 0 saturated carbocycles. The second kappa shape index (κ2) is 6.86. The average Bonchev–Trinajstić information content (AvgIpc) is 3.30. The van der Waals surface area contributed by atoms with E-state index in [9.17, 15) is 8.76 Å². The first kappa shape index (κ1) is 16.7. The lowest BCUT2D eigenvalue weighted by molar-refractivity contribution is 0.536. The predicted molar refractivity (Wildman–Crippen MR) is 100 cm³/mol. The van der Waals surface area contributed by atoms with Crippen molar-refractivity contribution in [2.45, 2.75) is 18.7 Å². The van der Waals surface area contributed by atoms with Gasteiger partial charge in [-0.1, -0.05) is 35.3 Å². The van der Waals surface area contributed by atoms with E-state index in [4.69, 9.17) is 0 Å². The van der Waals surface area contributed by atoms with Gasteiger partial charge in [0.05, 0.1) is 12.2 Å². The number of aromatic nitrogens is 4. The minimum Gasteiger partial charge on any atom is -0.772 e. The molecule has 1 aromatic carbocycles. The standard InChI is InChI=1S/C19H18N4O2S/c1-13(15-4-2-14(3-5-15)12-26(24)25)23-11-16(10-22-23)17-6-8-20-19-18(17)7-9-21-19/h2-11,13H,12H2,1H3,(H,20,21)(H,24,25)/p-1. The van der Waals surface area contributed by atoms with Gasteiger partial charge in [-0.05, 0) is 35.7 Å². The summed E-state index contributed by atoms with van der Waals surface area (Å²) in [4.78, 5) is 7.44. The molecule has 3 aromatic heterocycles. The fourth-order valence-corrected chi connectivity index (χ4v) is 3.55. The van der Waals surface area contributed by atoms with Crippen molar-refractivity contribution >= 4 is 22.1 Å². The highest BCUT2D eigenvalue weighted by Crippen LogP contribution is 2.28.